The van der Waals surface area contributed by atoms with Crippen molar-refractivity contribution in [3.8, 4) is 6.07 Å². The lowest BCUT2D eigenvalue weighted by Gasteiger charge is -2.30. The molecule has 1 aromatic heterocycles. The van der Waals surface area contributed by atoms with Crippen molar-refractivity contribution >= 4 is 11.6 Å². The van der Waals surface area contributed by atoms with Crippen LogP contribution in [-0.2, 0) is 18.4 Å². The van der Waals surface area contributed by atoms with Crippen LogP contribution in [0.2, 0.25) is 0 Å². The SMILES string of the molecule is CC(C(=O)N(CCC#N)c1ccc(F)cc1)N(C)Cc1ccnn1C. The van der Waals surface area contributed by atoms with E-state index in [4.69, 9.17) is 5.26 Å². The first-order valence-corrected chi connectivity index (χ1v) is 8.05. The Morgan fingerprint density at radius 1 is 1.36 bits per heavy atom. The first-order chi connectivity index (χ1) is 11.9. The van der Waals surface area contributed by atoms with Gasteiger partial charge >= 0.3 is 0 Å². The minimum atomic E-state index is -0.404. The van der Waals surface area contributed by atoms with E-state index in [1.165, 1.54) is 17.0 Å². The quantitative estimate of drug-likeness (QED) is 0.774. The highest BCUT2D eigenvalue weighted by molar-refractivity contribution is 5.96. The number of nitrogens with zero attached hydrogens (tertiary/aromatic N) is 5. The molecular formula is C18H22FN5O. The third-order valence-electron chi connectivity index (χ3n) is 4.20. The van der Waals surface area contributed by atoms with Crippen molar-refractivity contribution in [2.75, 3.05) is 18.5 Å². The van der Waals surface area contributed by atoms with Gasteiger partial charge in [-0.15, -0.1) is 0 Å². The zero-order valence-electron chi connectivity index (χ0n) is 14.7. The van der Waals surface area contributed by atoms with E-state index in [1.54, 1.807) is 23.0 Å². The van der Waals surface area contributed by atoms with Gasteiger partial charge in [0.15, 0.2) is 0 Å². The Kier molecular flexibility index (Phi) is 6.25. The monoisotopic (exact) mass is 343 g/mol. The van der Waals surface area contributed by atoms with E-state index in [1.807, 2.05) is 32.0 Å². The van der Waals surface area contributed by atoms with Crippen LogP contribution in [0.5, 0.6) is 0 Å². The molecule has 0 spiro atoms. The number of amides is 1. The molecule has 1 atom stereocenters. The van der Waals surface area contributed by atoms with Crippen LogP contribution in [0.4, 0.5) is 10.1 Å². The van der Waals surface area contributed by atoms with Gasteiger partial charge in [-0.2, -0.15) is 10.4 Å². The highest BCUT2D eigenvalue weighted by Gasteiger charge is 2.25. The van der Waals surface area contributed by atoms with Crippen LogP contribution in [0.3, 0.4) is 0 Å². The maximum atomic E-state index is 13.2. The summed E-state index contributed by atoms with van der Waals surface area (Å²) in [5.74, 6) is -0.496. The predicted octanol–water partition coefficient (Wildman–Crippen LogP) is 2.33. The number of hydrogen-bond donors (Lipinski definition) is 0. The Labute approximate surface area is 147 Å². The maximum Gasteiger partial charge on any atom is 0.244 e. The third kappa shape index (κ3) is 4.64. The van der Waals surface area contributed by atoms with Crippen LogP contribution in [-0.4, -0.2) is 40.2 Å². The second-order valence-electron chi connectivity index (χ2n) is 5.91. The number of anilines is 1. The summed E-state index contributed by atoms with van der Waals surface area (Å²) in [6.45, 7) is 2.66. The molecule has 0 aliphatic carbocycles. The topological polar surface area (TPSA) is 65.2 Å². The highest BCUT2D eigenvalue weighted by Crippen LogP contribution is 2.18. The Hall–Kier alpha value is -2.72. The first-order valence-electron chi connectivity index (χ1n) is 8.05. The van der Waals surface area contributed by atoms with E-state index >= 15 is 0 Å². The number of aromatic nitrogens is 2. The second-order valence-corrected chi connectivity index (χ2v) is 5.91. The molecule has 0 aliphatic heterocycles. The minimum Gasteiger partial charge on any atom is -0.310 e. The number of carbonyl (C=O) groups excluding carboxylic acids is 1. The molecule has 1 aromatic carbocycles. The number of nitriles is 1. The fraction of sp³-hybridized carbons (Fsp3) is 0.389. The standard InChI is InChI=1S/C18H22FN5O/c1-14(22(2)13-17-9-11-21-23(17)3)18(25)24(12-4-10-20)16-7-5-15(19)6-8-16/h5-9,11,14H,4,12-13H2,1-3H3. The summed E-state index contributed by atoms with van der Waals surface area (Å²) in [7, 11) is 3.72. The molecule has 1 unspecified atom stereocenters. The zero-order chi connectivity index (χ0) is 18.4. The third-order valence-corrected chi connectivity index (χ3v) is 4.20. The highest BCUT2D eigenvalue weighted by atomic mass is 19.1. The van der Waals surface area contributed by atoms with Gasteiger partial charge < -0.3 is 4.90 Å². The van der Waals surface area contributed by atoms with Crippen LogP contribution in [0.15, 0.2) is 36.5 Å². The number of halogens is 1. The molecule has 6 nitrogen and oxygen atoms in total. The van der Waals surface area contributed by atoms with Crippen LogP contribution >= 0.6 is 0 Å². The number of carbonyl (C=O) groups is 1. The van der Waals surface area contributed by atoms with Gasteiger partial charge in [0.1, 0.15) is 5.82 Å². The second kappa shape index (κ2) is 8.40. The van der Waals surface area contributed by atoms with Crippen molar-refractivity contribution in [3.63, 3.8) is 0 Å². The molecule has 0 N–H and O–H groups in total. The molecule has 0 radical (unpaired) electrons. The summed E-state index contributed by atoms with van der Waals surface area (Å²) >= 11 is 0. The Morgan fingerprint density at radius 3 is 2.60 bits per heavy atom. The van der Waals surface area contributed by atoms with E-state index in [-0.39, 0.29) is 24.7 Å². The van der Waals surface area contributed by atoms with E-state index < -0.39 is 6.04 Å². The van der Waals surface area contributed by atoms with Crippen molar-refractivity contribution in [1.29, 1.82) is 5.26 Å². The summed E-state index contributed by atoms with van der Waals surface area (Å²) in [6.07, 6.45) is 1.93. The Balaban J connectivity index is 2.15. The van der Waals surface area contributed by atoms with Gasteiger partial charge in [0, 0.05) is 32.0 Å². The average molecular weight is 343 g/mol. The molecule has 0 saturated heterocycles. The fourth-order valence-electron chi connectivity index (χ4n) is 2.51. The number of rotatable bonds is 7. The molecule has 25 heavy (non-hydrogen) atoms. The van der Waals surface area contributed by atoms with E-state index in [0.717, 1.165) is 5.69 Å². The number of benzene rings is 1. The molecule has 7 heteroatoms. The Morgan fingerprint density at radius 2 is 2.04 bits per heavy atom. The molecule has 0 fully saturated rings. The van der Waals surface area contributed by atoms with Crippen molar-refractivity contribution in [3.05, 3.63) is 48.0 Å². The summed E-state index contributed by atoms with van der Waals surface area (Å²) in [5.41, 5.74) is 1.58. The molecule has 2 aromatic rings. The minimum absolute atomic E-state index is 0.133. The van der Waals surface area contributed by atoms with Crippen molar-refractivity contribution in [2.24, 2.45) is 7.05 Å². The molecule has 0 aliphatic rings. The van der Waals surface area contributed by atoms with Crippen LogP contribution < -0.4 is 4.90 Å². The molecular weight excluding hydrogens is 321 g/mol. The number of likely N-dealkylation sites (N-methyl/N-ethyl adjacent to an activating group) is 1. The smallest absolute Gasteiger partial charge is 0.244 e. The molecule has 1 heterocycles. The lowest BCUT2D eigenvalue weighted by molar-refractivity contribution is -0.123. The fourth-order valence-corrected chi connectivity index (χ4v) is 2.51. The largest absolute Gasteiger partial charge is 0.310 e. The summed E-state index contributed by atoms with van der Waals surface area (Å²) in [4.78, 5) is 16.4. The lowest BCUT2D eigenvalue weighted by atomic mass is 10.2. The van der Waals surface area contributed by atoms with Crippen LogP contribution in [0.25, 0.3) is 0 Å². The van der Waals surface area contributed by atoms with Crippen LogP contribution in [0.1, 0.15) is 19.0 Å². The van der Waals surface area contributed by atoms with Crippen molar-refractivity contribution in [2.45, 2.75) is 25.9 Å². The van der Waals surface area contributed by atoms with Gasteiger partial charge in [-0.1, -0.05) is 0 Å². The molecule has 132 valence electrons. The maximum absolute atomic E-state index is 13.2. The molecule has 2 rings (SSSR count). The summed E-state index contributed by atoms with van der Waals surface area (Å²) in [5, 5.41) is 13.0. The van der Waals surface area contributed by atoms with Gasteiger partial charge in [0.05, 0.1) is 24.2 Å². The zero-order valence-corrected chi connectivity index (χ0v) is 14.7. The molecule has 0 bridgehead atoms. The molecule has 0 saturated carbocycles. The summed E-state index contributed by atoms with van der Waals surface area (Å²) in [6, 6.07) is 9.28. The van der Waals surface area contributed by atoms with Gasteiger partial charge in [-0.05, 0) is 44.3 Å². The van der Waals surface area contributed by atoms with Gasteiger partial charge in [-0.25, -0.2) is 4.39 Å². The van der Waals surface area contributed by atoms with E-state index in [9.17, 15) is 9.18 Å². The van der Waals surface area contributed by atoms with Gasteiger partial charge in [0.25, 0.3) is 0 Å². The average Bonchev–Trinajstić information content (AvgIpc) is 3.00. The number of hydrogen-bond acceptors (Lipinski definition) is 4. The predicted molar refractivity (Wildman–Crippen MR) is 93.1 cm³/mol. The van der Waals surface area contributed by atoms with Crippen molar-refractivity contribution in [1.82, 2.24) is 14.7 Å². The summed E-state index contributed by atoms with van der Waals surface area (Å²) < 4.78 is 14.9. The van der Waals surface area contributed by atoms with Gasteiger partial charge in [0.2, 0.25) is 5.91 Å². The molecule has 1 amide bonds. The van der Waals surface area contributed by atoms with E-state index in [0.29, 0.717) is 12.2 Å². The lowest BCUT2D eigenvalue weighted by Crippen LogP contribution is -2.46. The normalized spacial score (nSPS) is 12.0. The Bertz CT molecular complexity index is 750. The van der Waals surface area contributed by atoms with Crippen LogP contribution in [0, 0.1) is 17.1 Å². The first kappa shape index (κ1) is 18.6. The van der Waals surface area contributed by atoms with Crippen molar-refractivity contribution < 1.29 is 9.18 Å². The number of aryl methyl sites for hydroxylation is 1. The van der Waals surface area contributed by atoms with E-state index in [2.05, 4.69) is 11.2 Å². The van der Waals surface area contributed by atoms with Gasteiger partial charge in [-0.3, -0.25) is 14.4 Å².